The molecule has 0 atom stereocenters. The average molecular weight is 344 g/mol. The third kappa shape index (κ3) is 3.14. The van der Waals surface area contributed by atoms with Crippen molar-refractivity contribution in [1.29, 1.82) is 0 Å². The molecule has 3 rings (SSSR count). The first-order chi connectivity index (χ1) is 12.1. The molecule has 1 aliphatic heterocycles. The second-order valence-corrected chi connectivity index (χ2v) is 6.56. The number of hydrogen-bond donors (Lipinski definition) is 3. The van der Waals surface area contributed by atoms with Gasteiger partial charge in [0.25, 0.3) is 11.5 Å². The number of amides is 1. The quantitative estimate of drug-likeness (QED) is 0.706. The van der Waals surface area contributed by atoms with Crippen LogP contribution in [-0.2, 0) is 13.0 Å². The molecule has 1 amide bonds. The summed E-state index contributed by atoms with van der Waals surface area (Å²) in [5.41, 5.74) is 1.28. The van der Waals surface area contributed by atoms with E-state index in [1.165, 1.54) is 4.90 Å². The molecule has 3 N–H and O–H groups in total. The first-order valence-corrected chi connectivity index (χ1v) is 9.07. The number of rotatable bonds is 6. The maximum atomic E-state index is 12.8. The van der Waals surface area contributed by atoms with Gasteiger partial charge in [-0.25, -0.2) is 0 Å². The maximum absolute atomic E-state index is 12.8. The van der Waals surface area contributed by atoms with E-state index >= 15 is 0 Å². The molecule has 25 heavy (non-hydrogen) atoms. The number of benzene rings is 1. The lowest BCUT2D eigenvalue weighted by Gasteiger charge is -2.21. The maximum Gasteiger partial charge on any atom is 0.267 e. The van der Waals surface area contributed by atoms with E-state index in [0.29, 0.717) is 18.5 Å². The second kappa shape index (κ2) is 7.27. The zero-order valence-corrected chi connectivity index (χ0v) is 14.9. The van der Waals surface area contributed by atoms with Gasteiger partial charge >= 0.3 is 0 Å². The molecule has 0 saturated carbocycles. The van der Waals surface area contributed by atoms with Crippen molar-refractivity contribution in [3.05, 3.63) is 39.7 Å². The van der Waals surface area contributed by atoms with Gasteiger partial charge in [0, 0.05) is 11.9 Å². The predicted molar refractivity (Wildman–Crippen MR) is 97.4 cm³/mol. The molecule has 134 valence electrons. The van der Waals surface area contributed by atoms with E-state index in [1.807, 2.05) is 12.1 Å². The Kier molecular flexibility index (Phi) is 5.08. The number of aryl methyl sites for hydroxylation is 2. The Bertz CT molecular complexity index is 853. The van der Waals surface area contributed by atoms with E-state index in [1.54, 1.807) is 10.6 Å². The van der Waals surface area contributed by atoms with Gasteiger partial charge in [0.15, 0.2) is 0 Å². The Morgan fingerprint density at radius 2 is 2.08 bits per heavy atom. The van der Waals surface area contributed by atoms with Gasteiger partial charge < -0.3 is 19.9 Å². The molecule has 2 heterocycles. The smallest absolute Gasteiger partial charge is 0.267 e. The first kappa shape index (κ1) is 17.5. The minimum Gasteiger partial charge on any atom is -0.506 e. The summed E-state index contributed by atoms with van der Waals surface area (Å²) in [7, 11) is 0. The van der Waals surface area contributed by atoms with E-state index in [-0.39, 0.29) is 11.3 Å². The minimum atomic E-state index is -0.490. The summed E-state index contributed by atoms with van der Waals surface area (Å²) in [5, 5.41) is 14.0. The highest BCUT2D eigenvalue weighted by molar-refractivity contribution is 6.02. The van der Waals surface area contributed by atoms with Crippen LogP contribution in [0.2, 0.25) is 0 Å². The highest BCUT2D eigenvalue weighted by atomic mass is 16.3. The van der Waals surface area contributed by atoms with Crippen molar-refractivity contribution in [2.24, 2.45) is 0 Å². The van der Waals surface area contributed by atoms with E-state index in [4.69, 9.17) is 0 Å². The van der Waals surface area contributed by atoms with Crippen molar-refractivity contribution in [2.75, 3.05) is 26.2 Å². The van der Waals surface area contributed by atoms with Crippen LogP contribution < -0.4 is 15.8 Å². The number of pyridine rings is 1. The summed E-state index contributed by atoms with van der Waals surface area (Å²) in [6, 6.07) is 5.61. The van der Waals surface area contributed by atoms with Crippen LogP contribution in [0.3, 0.4) is 0 Å². The van der Waals surface area contributed by atoms with Crippen molar-refractivity contribution < 1.29 is 14.8 Å². The van der Waals surface area contributed by atoms with Gasteiger partial charge in [-0.2, -0.15) is 0 Å². The van der Waals surface area contributed by atoms with Crippen LogP contribution in [0.4, 0.5) is 0 Å². The van der Waals surface area contributed by atoms with Gasteiger partial charge in [-0.3, -0.25) is 9.59 Å². The summed E-state index contributed by atoms with van der Waals surface area (Å²) in [6.45, 7) is 8.04. The minimum absolute atomic E-state index is 0.138. The molecule has 0 spiro atoms. The molecule has 0 fully saturated rings. The van der Waals surface area contributed by atoms with E-state index in [0.717, 1.165) is 43.6 Å². The molecule has 0 radical (unpaired) electrons. The Morgan fingerprint density at radius 3 is 2.80 bits per heavy atom. The molecule has 0 bridgehead atoms. The lowest BCUT2D eigenvalue weighted by atomic mass is 9.99. The number of hydrogen-bond acceptors (Lipinski definition) is 3. The van der Waals surface area contributed by atoms with Crippen LogP contribution in [-0.4, -0.2) is 41.8 Å². The second-order valence-electron chi connectivity index (χ2n) is 6.56. The number of aromatic nitrogens is 1. The summed E-state index contributed by atoms with van der Waals surface area (Å²) < 4.78 is 1.64. The molecule has 0 aliphatic carbocycles. The van der Waals surface area contributed by atoms with E-state index in [2.05, 4.69) is 19.2 Å². The molecule has 6 nitrogen and oxygen atoms in total. The zero-order valence-electron chi connectivity index (χ0n) is 14.9. The van der Waals surface area contributed by atoms with Crippen LogP contribution in [0.1, 0.15) is 36.2 Å². The predicted octanol–water partition coefficient (Wildman–Crippen LogP) is 0.308. The summed E-state index contributed by atoms with van der Waals surface area (Å²) in [4.78, 5) is 26.7. The van der Waals surface area contributed by atoms with Crippen LogP contribution in [0, 0.1) is 0 Å². The van der Waals surface area contributed by atoms with Crippen molar-refractivity contribution in [3.8, 4) is 5.75 Å². The largest absolute Gasteiger partial charge is 0.506 e. The fraction of sp³-hybridized carbons (Fsp3) is 0.474. The fourth-order valence-corrected chi connectivity index (χ4v) is 3.67. The monoisotopic (exact) mass is 344 g/mol. The van der Waals surface area contributed by atoms with Gasteiger partial charge in [-0.15, -0.1) is 0 Å². The average Bonchev–Trinajstić information content (AvgIpc) is 2.63. The van der Waals surface area contributed by atoms with Crippen LogP contribution in [0.5, 0.6) is 5.75 Å². The SMILES string of the molecule is CC[NH+](CC)CCNC(=O)c1c(O)c2cccc3c2n(c1=O)CCC3. The van der Waals surface area contributed by atoms with E-state index < -0.39 is 11.5 Å². The molecule has 0 unspecified atom stereocenters. The number of nitrogens with one attached hydrogen (secondary N) is 2. The molecule has 1 aromatic carbocycles. The summed E-state index contributed by atoms with van der Waals surface area (Å²) >= 11 is 0. The third-order valence-electron chi connectivity index (χ3n) is 5.16. The Morgan fingerprint density at radius 1 is 1.32 bits per heavy atom. The molecule has 1 aromatic heterocycles. The highest BCUT2D eigenvalue weighted by Crippen LogP contribution is 2.31. The number of carbonyl (C=O) groups is 1. The molecule has 2 aromatic rings. The first-order valence-electron chi connectivity index (χ1n) is 9.07. The normalized spacial score (nSPS) is 13.4. The topological polar surface area (TPSA) is 75.8 Å². The molecular formula is C19H26N3O3+. The molecule has 0 saturated heterocycles. The number of quaternary nitrogens is 1. The van der Waals surface area contributed by atoms with Crippen molar-refractivity contribution >= 4 is 16.8 Å². The van der Waals surface area contributed by atoms with Crippen LogP contribution in [0.15, 0.2) is 23.0 Å². The van der Waals surface area contributed by atoms with Gasteiger partial charge in [-0.1, -0.05) is 12.1 Å². The van der Waals surface area contributed by atoms with Gasteiger partial charge in [-0.05, 0) is 38.3 Å². The van der Waals surface area contributed by atoms with Crippen molar-refractivity contribution in [2.45, 2.75) is 33.2 Å². The highest BCUT2D eigenvalue weighted by Gasteiger charge is 2.24. The Balaban J connectivity index is 1.95. The number of para-hydroxylation sites is 1. The Hall–Kier alpha value is -2.34. The molecular weight excluding hydrogens is 318 g/mol. The molecule has 6 heteroatoms. The fourth-order valence-electron chi connectivity index (χ4n) is 3.67. The standard InChI is InChI=1S/C19H25N3O3/c1-3-21(4-2)12-10-20-18(24)15-17(23)14-9-5-7-13-8-6-11-22(16(13)14)19(15)25/h5,7,9,23H,3-4,6,8,10-12H2,1-2H3,(H,20,24)/p+1. The number of aromatic hydroxyl groups is 1. The number of nitrogens with zero attached hydrogens (tertiary/aromatic N) is 1. The van der Waals surface area contributed by atoms with Gasteiger partial charge in [0.05, 0.1) is 31.7 Å². The lowest BCUT2D eigenvalue weighted by Crippen LogP contribution is -3.12. The molecule has 1 aliphatic rings. The zero-order chi connectivity index (χ0) is 18.0. The third-order valence-corrected chi connectivity index (χ3v) is 5.16. The Labute approximate surface area is 147 Å². The van der Waals surface area contributed by atoms with Crippen molar-refractivity contribution in [1.82, 2.24) is 9.88 Å². The van der Waals surface area contributed by atoms with Crippen LogP contribution >= 0.6 is 0 Å². The summed E-state index contributed by atoms with van der Waals surface area (Å²) in [5.74, 6) is -0.691. The number of likely N-dealkylation sites (N-methyl/N-ethyl adjacent to an activating group) is 1. The van der Waals surface area contributed by atoms with Gasteiger partial charge in [0.2, 0.25) is 0 Å². The number of carbonyl (C=O) groups excluding carboxylic acids is 1. The van der Waals surface area contributed by atoms with Crippen LogP contribution in [0.25, 0.3) is 10.9 Å². The van der Waals surface area contributed by atoms with Gasteiger partial charge in [0.1, 0.15) is 11.3 Å². The van der Waals surface area contributed by atoms with E-state index in [9.17, 15) is 14.7 Å². The van der Waals surface area contributed by atoms with Crippen molar-refractivity contribution in [3.63, 3.8) is 0 Å². The lowest BCUT2D eigenvalue weighted by molar-refractivity contribution is -0.895. The summed E-state index contributed by atoms with van der Waals surface area (Å²) in [6.07, 6.45) is 1.75.